The lowest BCUT2D eigenvalue weighted by Gasteiger charge is -2.37. The Morgan fingerprint density at radius 3 is 2.65 bits per heavy atom. The molecule has 0 unspecified atom stereocenters. The van der Waals surface area contributed by atoms with Crippen LogP contribution in [0.2, 0.25) is 0 Å². The minimum absolute atomic E-state index is 0.381. The van der Waals surface area contributed by atoms with Crippen LogP contribution in [0.15, 0.2) is 42.5 Å². The Balaban J connectivity index is 2.05. The molecule has 2 aromatic rings. The molecule has 0 aromatic heterocycles. The second kappa shape index (κ2) is 7.85. The topological polar surface area (TPSA) is 23.5 Å². The maximum absolute atomic E-state index is 14.6. The first-order chi connectivity index (χ1) is 12.4. The summed E-state index contributed by atoms with van der Waals surface area (Å²) in [6.07, 6.45) is 3.76. The van der Waals surface area contributed by atoms with E-state index >= 15 is 0 Å². The molecule has 0 aliphatic heterocycles. The molecule has 1 aliphatic carbocycles. The zero-order valence-electron chi connectivity index (χ0n) is 15.5. The van der Waals surface area contributed by atoms with Gasteiger partial charge in [-0.1, -0.05) is 30.3 Å². The van der Waals surface area contributed by atoms with Crippen molar-refractivity contribution in [3.05, 3.63) is 70.8 Å². The van der Waals surface area contributed by atoms with E-state index in [2.05, 4.69) is 11.0 Å². The SMILES string of the molecule is CN(C)CCC[C@]1(O)c2ccccc2CCC[C@@H]1c1ccc(F)cc1F. The number of aliphatic hydroxyl groups is 1. The van der Waals surface area contributed by atoms with E-state index in [9.17, 15) is 13.9 Å². The van der Waals surface area contributed by atoms with E-state index in [0.29, 0.717) is 18.4 Å². The van der Waals surface area contributed by atoms with Crippen molar-refractivity contribution in [2.24, 2.45) is 0 Å². The first-order valence-electron chi connectivity index (χ1n) is 9.32. The van der Waals surface area contributed by atoms with Crippen molar-refractivity contribution in [2.45, 2.75) is 43.6 Å². The third-order valence-electron chi connectivity index (χ3n) is 5.50. The summed E-state index contributed by atoms with van der Waals surface area (Å²) in [7, 11) is 4.00. The van der Waals surface area contributed by atoms with Crippen molar-refractivity contribution in [3.63, 3.8) is 0 Å². The zero-order chi connectivity index (χ0) is 18.7. The van der Waals surface area contributed by atoms with Crippen LogP contribution in [0.4, 0.5) is 8.78 Å². The number of hydrogen-bond acceptors (Lipinski definition) is 2. The molecule has 26 heavy (non-hydrogen) atoms. The van der Waals surface area contributed by atoms with Crippen LogP contribution in [0.25, 0.3) is 0 Å². The Bertz CT molecular complexity index is 762. The Morgan fingerprint density at radius 1 is 1.15 bits per heavy atom. The van der Waals surface area contributed by atoms with Crippen molar-refractivity contribution in [1.29, 1.82) is 0 Å². The predicted molar refractivity (Wildman–Crippen MR) is 100 cm³/mol. The lowest BCUT2D eigenvalue weighted by molar-refractivity contribution is -0.00710. The van der Waals surface area contributed by atoms with Gasteiger partial charge in [0.25, 0.3) is 0 Å². The summed E-state index contributed by atoms with van der Waals surface area (Å²) >= 11 is 0. The van der Waals surface area contributed by atoms with Gasteiger partial charge in [0.15, 0.2) is 0 Å². The van der Waals surface area contributed by atoms with Crippen molar-refractivity contribution in [1.82, 2.24) is 4.90 Å². The monoisotopic (exact) mass is 359 g/mol. The molecule has 2 atom stereocenters. The molecule has 1 aliphatic rings. The van der Waals surface area contributed by atoms with E-state index in [-0.39, 0.29) is 5.92 Å². The lowest BCUT2D eigenvalue weighted by atomic mass is 9.73. The highest BCUT2D eigenvalue weighted by molar-refractivity contribution is 5.39. The molecule has 3 rings (SSSR count). The summed E-state index contributed by atoms with van der Waals surface area (Å²) in [6, 6.07) is 11.6. The van der Waals surface area contributed by atoms with Crippen LogP contribution in [-0.4, -0.2) is 30.6 Å². The molecule has 4 heteroatoms. The predicted octanol–water partition coefficient (Wildman–Crippen LogP) is 4.61. The largest absolute Gasteiger partial charge is 0.385 e. The van der Waals surface area contributed by atoms with Gasteiger partial charge in [-0.15, -0.1) is 0 Å². The van der Waals surface area contributed by atoms with Crippen molar-refractivity contribution < 1.29 is 13.9 Å². The molecule has 0 fully saturated rings. The summed E-state index contributed by atoms with van der Waals surface area (Å²) < 4.78 is 28.0. The number of fused-ring (bicyclic) bond motifs is 1. The summed E-state index contributed by atoms with van der Waals surface area (Å²) in [5, 5.41) is 11.8. The van der Waals surface area contributed by atoms with Crippen LogP contribution in [0.1, 0.15) is 48.3 Å². The average molecular weight is 359 g/mol. The molecule has 0 bridgehead atoms. The van der Waals surface area contributed by atoms with Gasteiger partial charge in [0.1, 0.15) is 11.6 Å². The number of halogens is 2. The summed E-state index contributed by atoms with van der Waals surface area (Å²) in [5.41, 5.74) is 1.28. The third-order valence-corrected chi connectivity index (χ3v) is 5.50. The Hall–Kier alpha value is -1.78. The number of aryl methyl sites for hydroxylation is 1. The molecular weight excluding hydrogens is 332 g/mol. The summed E-state index contributed by atoms with van der Waals surface area (Å²) in [5.74, 6) is -1.54. The zero-order valence-corrected chi connectivity index (χ0v) is 15.5. The van der Waals surface area contributed by atoms with Gasteiger partial charge < -0.3 is 10.0 Å². The highest BCUT2D eigenvalue weighted by Crippen LogP contribution is 2.47. The second-order valence-electron chi connectivity index (χ2n) is 7.60. The highest BCUT2D eigenvalue weighted by atomic mass is 19.1. The Labute approximate surface area is 154 Å². The fraction of sp³-hybridized carbons (Fsp3) is 0.455. The van der Waals surface area contributed by atoms with Gasteiger partial charge in [0.2, 0.25) is 0 Å². The standard InChI is InChI=1S/C22H27F2NO/c1-25(2)14-6-13-22(26)19-9-4-3-7-16(19)8-5-10-20(22)18-12-11-17(23)15-21(18)24/h3-4,7,9,11-12,15,20,26H,5-6,8,10,13-14H2,1-2H3/t20-,22+/m1/s1. The molecule has 140 valence electrons. The van der Waals surface area contributed by atoms with Crippen LogP contribution in [0.5, 0.6) is 0 Å². The Morgan fingerprint density at radius 2 is 1.92 bits per heavy atom. The summed E-state index contributed by atoms with van der Waals surface area (Å²) in [4.78, 5) is 2.08. The van der Waals surface area contributed by atoms with Crippen molar-refractivity contribution >= 4 is 0 Å². The number of nitrogens with zero attached hydrogens (tertiary/aromatic N) is 1. The van der Waals surface area contributed by atoms with Gasteiger partial charge >= 0.3 is 0 Å². The highest BCUT2D eigenvalue weighted by Gasteiger charge is 2.42. The third kappa shape index (κ3) is 3.81. The number of hydrogen-bond donors (Lipinski definition) is 1. The van der Waals surface area contributed by atoms with Gasteiger partial charge in [-0.2, -0.15) is 0 Å². The maximum Gasteiger partial charge on any atom is 0.129 e. The molecule has 1 N–H and O–H groups in total. The molecule has 0 amide bonds. The maximum atomic E-state index is 14.6. The first kappa shape index (κ1) is 19.0. The van der Waals surface area contributed by atoms with Crippen molar-refractivity contribution in [3.8, 4) is 0 Å². The smallest absolute Gasteiger partial charge is 0.129 e. The van der Waals surface area contributed by atoms with E-state index < -0.39 is 17.2 Å². The molecule has 2 nitrogen and oxygen atoms in total. The van der Waals surface area contributed by atoms with Crippen molar-refractivity contribution in [2.75, 3.05) is 20.6 Å². The quantitative estimate of drug-likeness (QED) is 0.788. The fourth-order valence-electron chi connectivity index (χ4n) is 4.25. The van der Waals surface area contributed by atoms with E-state index in [4.69, 9.17) is 0 Å². The molecule has 2 aromatic carbocycles. The van der Waals surface area contributed by atoms with E-state index in [1.54, 1.807) is 0 Å². The molecule has 0 spiro atoms. The van der Waals surface area contributed by atoms with E-state index in [1.807, 2.05) is 32.3 Å². The fourth-order valence-corrected chi connectivity index (χ4v) is 4.25. The number of benzene rings is 2. The average Bonchev–Trinajstić information content (AvgIpc) is 2.72. The molecule has 0 saturated carbocycles. The van der Waals surface area contributed by atoms with Crippen LogP contribution < -0.4 is 0 Å². The van der Waals surface area contributed by atoms with Gasteiger partial charge in [-0.05, 0) is 75.5 Å². The second-order valence-corrected chi connectivity index (χ2v) is 7.60. The molecule has 0 saturated heterocycles. The molecular formula is C22H27F2NO. The van der Waals surface area contributed by atoms with E-state index in [1.165, 1.54) is 12.1 Å². The summed E-state index contributed by atoms with van der Waals surface area (Å²) in [6.45, 7) is 0.850. The van der Waals surface area contributed by atoms with Crippen LogP contribution >= 0.6 is 0 Å². The first-order valence-corrected chi connectivity index (χ1v) is 9.32. The Kier molecular flexibility index (Phi) is 5.73. The minimum Gasteiger partial charge on any atom is -0.385 e. The van der Waals surface area contributed by atoms with E-state index in [0.717, 1.165) is 43.0 Å². The van der Waals surface area contributed by atoms with Gasteiger partial charge in [0, 0.05) is 12.0 Å². The minimum atomic E-state index is -1.15. The van der Waals surface area contributed by atoms with Gasteiger partial charge in [-0.3, -0.25) is 0 Å². The van der Waals surface area contributed by atoms with Gasteiger partial charge in [0.05, 0.1) is 5.60 Å². The van der Waals surface area contributed by atoms with Crippen LogP contribution in [0.3, 0.4) is 0 Å². The lowest BCUT2D eigenvalue weighted by Crippen LogP contribution is -2.35. The van der Waals surface area contributed by atoms with Crippen LogP contribution in [-0.2, 0) is 12.0 Å². The number of rotatable bonds is 5. The molecule has 0 heterocycles. The van der Waals surface area contributed by atoms with Crippen LogP contribution in [0, 0.1) is 11.6 Å². The van der Waals surface area contributed by atoms with Gasteiger partial charge in [-0.25, -0.2) is 8.78 Å². The molecule has 0 radical (unpaired) electrons. The normalized spacial score (nSPS) is 22.9.